The Morgan fingerprint density at radius 1 is 1.31 bits per heavy atom. The van der Waals surface area contributed by atoms with Crippen molar-refractivity contribution in [3.8, 4) is 0 Å². The minimum atomic E-state index is -0.443. The van der Waals surface area contributed by atoms with Crippen LogP contribution >= 0.6 is 11.5 Å². The molecule has 7 nitrogen and oxygen atoms in total. The molecule has 8 heteroatoms. The molecule has 0 spiro atoms. The number of aryl methyl sites for hydroxylation is 1. The molecule has 26 heavy (non-hydrogen) atoms. The lowest BCUT2D eigenvalue weighted by Crippen LogP contribution is -2.41. The molecule has 0 unspecified atom stereocenters. The molecule has 134 valence electrons. The third-order valence-corrected chi connectivity index (χ3v) is 5.41. The second-order valence-electron chi connectivity index (χ2n) is 6.62. The van der Waals surface area contributed by atoms with Crippen LogP contribution in [0.2, 0.25) is 0 Å². The molecule has 0 atom stereocenters. The largest absolute Gasteiger partial charge is 0.332 e. The number of carbonyl (C=O) groups excluding carboxylic acids is 1. The van der Waals surface area contributed by atoms with Crippen LogP contribution in [0.25, 0.3) is 11.0 Å². The van der Waals surface area contributed by atoms with Crippen LogP contribution in [0.5, 0.6) is 0 Å². The lowest BCUT2D eigenvalue weighted by Gasteiger charge is -2.13. The molecule has 0 saturated heterocycles. The molecule has 1 fully saturated rings. The summed E-state index contributed by atoms with van der Waals surface area (Å²) in [6, 6.07) is 5.60. The van der Waals surface area contributed by atoms with Crippen LogP contribution in [0, 0.1) is 13.8 Å². The minimum Gasteiger partial charge on any atom is -0.324 e. The first-order valence-electron chi connectivity index (χ1n) is 8.43. The van der Waals surface area contributed by atoms with Gasteiger partial charge in [-0.3, -0.25) is 18.7 Å². The second-order valence-corrected chi connectivity index (χ2v) is 7.25. The number of anilines is 1. The molecule has 2 heterocycles. The van der Waals surface area contributed by atoms with Crippen molar-refractivity contribution in [3.63, 3.8) is 0 Å². The predicted octanol–water partition coefficient (Wildman–Crippen LogP) is 2.21. The molecule has 4 rings (SSSR count). The van der Waals surface area contributed by atoms with Crippen LogP contribution in [0.15, 0.2) is 33.2 Å². The van der Waals surface area contributed by atoms with Crippen LogP contribution in [-0.4, -0.2) is 19.4 Å². The van der Waals surface area contributed by atoms with Crippen molar-refractivity contribution in [2.75, 3.05) is 5.32 Å². The highest BCUT2D eigenvalue weighted by molar-refractivity contribution is 7.04. The number of benzene rings is 1. The molecular weight excluding hydrogens is 352 g/mol. The van der Waals surface area contributed by atoms with E-state index in [-0.39, 0.29) is 29.6 Å². The summed E-state index contributed by atoms with van der Waals surface area (Å²) in [5.74, 6) is -0.311. The molecule has 1 aliphatic carbocycles. The van der Waals surface area contributed by atoms with Crippen LogP contribution in [0.1, 0.15) is 30.0 Å². The van der Waals surface area contributed by atoms with Gasteiger partial charge in [-0.25, -0.2) is 4.79 Å². The maximum atomic E-state index is 12.8. The predicted molar refractivity (Wildman–Crippen MR) is 101 cm³/mol. The third-order valence-electron chi connectivity index (χ3n) is 4.79. The van der Waals surface area contributed by atoms with Crippen molar-refractivity contribution in [1.29, 1.82) is 0 Å². The fraction of sp³-hybridized carbons (Fsp3) is 0.333. The first-order valence-corrected chi connectivity index (χ1v) is 9.26. The van der Waals surface area contributed by atoms with Gasteiger partial charge in [-0.1, -0.05) is 12.1 Å². The van der Waals surface area contributed by atoms with E-state index < -0.39 is 5.69 Å². The first-order chi connectivity index (χ1) is 12.5. The Balaban J connectivity index is 1.72. The van der Waals surface area contributed by atoms with Crippen molar-refractivity contribution in [1.82, 2.24) is 13.5 Å². The SMILES string of the molecule is Cc1cccc(NC(=O)Cn2c(=O)n(C3CC3)c(=O)c3nscc32)c1C. The number of nitrogens with zero attached hydrogens (tertiary/aromatic N) is 3. The van der Waals surface area contributed by atoms with Crippen LogP contribution < -0.4 is 16.6 Å². The zero-order valence-electron chi connectivity index (χ0n) is 14.5. The molecule has 1 saturated carbocycles. The summed E-state index contributed by atoms with van der Waals surface area (Å²) >= 11 is 1.11. The molecule has 1 N–H and O–H groups in total. The molecule has 0 radical (unpaired) electrons. The lowest BCUT2D eigenvalue weighted by atomic mass is 10.1. The average molecular weight is 370 g/mol. The Kier molecular flexibility index (Phi) is 3.99. The van der Waals surface area contributed by atoms with Crippen molar-refractivity contribution in [2.24, 2.45) is 0 Å². The summed E-state index contributed by atoms with van der Waals surface area (Å²) in [7, 11) is 0. The Hall–Kier alpha value is -2.74. The van der Waals surface area contributed by atoms with E-state index in [1.165, 1.54) is 9.13 Å². The zero-order chi connectivity index (χ0) is 18.4. The third kappa shape index (κ3) is 2.76. The van der Waals surface area contributed by atoms with Crippen molar-refractivity contribution in [2.45, 2.75) is 39.3 Å². The summed E-state index contributed by atoms with van der Waals surface area (Å²) in [4.78, 5) is 37.9. The maximum Gasteiger partial charge on any atom is 0.332 e. The van der Waals surface area contributed by atoms with Crippen LogP contribution in [-0.2, 0) is 11.3 Å². The number of hydrogen-bond donors (Lipinski definition) is 1. The molecular formula is C18H18N4O3S. The average Bonchev–Trinajstić information content (AvgIpc) is 3.30. The van der Waals surface area contributed by atoms with E-state index in [1.807, 2.05) is 32.0 Å². The molecule has 0 aliphatic heterocycles. The fourth-order valence-electron chi connectivity index (χ4n) is 3.03. The fourth-order valence-corrected chi connectivity index (χ4v) is 3.70. The van der Waals surface area contributed by atoms with Gasteiger partial charge < -0.3 is 5.32 Å². The number of carbonyl (C=O) groups is 1. The number of aromatic nitrogens is 3. The number of nitrogens with one attached hydrogen (secondary N) is 1. The van der Waals surface area contributed by atoms with Crippen molar-refractivity contribution in [3.05, 3.63) is 55.5 Å². The van der Waals surface area contributed by atoms with Gasteiger partial charge in [0.15, 0.2) is 5.52 Å². The van der Waals surface area contributed by atoms with Crippen LogP contribution in [0.3, 0.4) is 0 Å². The van der Waals surface area contributed by atoms with Gasteiger partial charge in [-0.05, 0) is 55.4 Å². The minimum absolute atomic E-state index is 0.0746. The summed E-state index contributed by atoms with van der Waals surface area (Å²) in [6.45, 7) is 3.75. The highest BCUT2D eigenvalue weighted by Gasteiger charge is 2.29. The monoisotopic (exact) mass is 370 g/mol. The van der Waals surface area contributed by atoms with E-state index in [0.717, 1.165) is 41.2 Å². The normalized spacial score (nSPS) is 13.9. The smallest absolute Gasteiger partial charge is 0.324 e. The van der Waals surface area contributed by atoms with Crippen molar-refractivity contribution < 1.29 is 4.79 Å². The van der Waals surface area contributed by atoms with E-state index in [0.29, 0.717) is 5.52 Å². The Morgan fingerprint density at radius 2 is 2.08 bits per heavy atom. The number of fused-ring (bicyclic) bond motifs is 1. The van der Waals surface area contributed by atoms with Gasteiger partial charge in [0.05, 0.1) is 5.52 Å². The van der Waals surface area contributed by atoms with Gasteiger partial charge in [0.2, 0.25) is 5.91 Å². The van der Waals surface area contributed by atoms with Gasteiger partial charge in [-0.15, -0.1) is 0 Å². The first kappa shape index (κ1) is 16.7. The van der Waals surface area contributed by atoms with Crippen LogP contribution in [0.4, 0.5) is 5.69 Å². The van der Waals surface area contributed by atoms with Gasteiger partial charge in [0, 0.05) is 17.1 Å². The molecule has 3 aromatic rings. The van der Waals surface area contributed by atoms with E-state index in [9.17, 15) is 14.4 Å². The Bertz CT molecular complexity index is 1140. The van der Waals surface area contributed by atoms with Gasteiger partial charge in [0.25, 0.3) is 5.56 Å². The lowest BCUT2D eigenvalue weighted by molar-refractivity contribution is -0.116. The van der Waals surface area contributed by atoms with E-state index in [2.05, 4.69) is 9.69 Å². The quantitative estimate of drug-likeness (QED) is 0.763. The number of rotatable bonds is 4. The summed E-state index contributed by atoms with van der Waals surface area (Å²) in [5.41, 5.74) is 2.64. The van der Waals surface area contributed by atoms with E-state index in [1.54, 1.807) is 5.38 Å². The molecule has 1 amide bonds. The highest BCUT2D eigenvalue weighted by Crippen LogP contribution is 2.32. The highest BCUT2D eigenvalue weighted by atomic mass is 32.1. The summed E-state index contributed by atoms with van der Waals surface area (Å²) in [5, 5.41) is 4.50. The standard InChI is InChI=1S/C18H18N4O3S/c1-10-4-3-5-13(11(10)2)19-15(23)8-21-14-9-26-20-16(14)17(24)22(18(21)25)12-6-7-12/h3-5,9,12H,6-8H2,1-2H3,(H,19,23). The maximum absolute atomic E-state index is 12.8. The van der Waals surface area contributed by atoms with Crippen molar-refractivity contribution >= 4 is 34.2 Å². The summed E-state index contributed by atoms with van der Waals surface area (Å²) in [6.07, 6.45) is 1.61. The molecule has 1 aromatic carbocycles. The van der Waals surface area contributed by atoms with Gasteiger partial charge in [0.1, 0.15) is 6.54 Å². The Labute approximate surface area is 153 Å². The van der Waals surface area contributed by atoms with E-state index in [4.69, 9.17) is 0 Å². The molecule has 1 aliphatic rings. The zero-order valence-corrected chi connectivity index (χ0v) is 15.3. The molecule has 2 aromatic heterocycles. The second kappa shape index (κ2) is 6.21. The topological polar surface area (TPSA) is 86.0 Å². The Morgan fingerprint density at radius 3 is 2.81 bits per heavy atom. The summed E-state index contributed by atoms with van der Waals surface area (Å²) < 4.78 is 6.71. The van der Waals surface area contributed by atoms with Gasteiger partial charge in [-0.2, -0.15) is 4.37 Å². The van der Waals surface area contributed by atoms with Gasteiger partial charge >= 0.3 is 5.69 Å². The van der Waals surface area contributed by atoms with E-state index >= 15 is 0 Å². The number of hydrogen-bond acceptors (Lipinski definition) is 5. The molecule has 0 bridgehead atoms. The number of amides is 1.